The van der Waals surface area contributed by atoms with Gasteiger partial charge in [0.2, 0.25) is 0 Å². The number of nitrogens with one attached hydrogen (secondary N) is 1. The molecule has 0 amide bonds. The van der Waals surface area contributed by atoms with Gasteiger partial charge in [0.05, 0.1) is 11.4 Å². The summed E-state index contributed by atoms with van der Waals surface area (Å²) in [5, 5.41) is 3.35. The van der Waals surface area contributed by atoms with Crippen molar-refractivity contribution in [1.82, 2.24) is 9.97 Å². The lowest BCUT2D eigenvalue weighted by molar-refractivity contribution is 0.0175. The van der Waals surface area contributed by atoms with Gasteiger partial charge in [-0.1, -0.05) is 24.8 Å². The van der Waals surface area contributed by atoms with Crippen molar-refractivity contribution in [3.8, 4) is 11.3 Å². The molecule has 0 radical (unpaired) electrons. The summed E-state index contributed by atoms with van der Waals surface area (Å²) in [4.78, 5) is 13.8. The van der Waals surface area contributed by atoms with E-state index in [0.29, 0.717) is 17.1 Å². The highest BCUT2D eigenvalue weighted by atomic mass is 19.3. The Hall–Kier alpha value is -3.48. The average Bonchev–Trinajstić information content (AvgIpc) is 2.76. The molecule has 5 nitrogen and oxygen atoms in total. The van der Waals surface area contributed by atoms with Crippen LogP contribution < -0.4 is 15.1 Å². The lowest BCUT2D eigenvalue weighted by Crippen LogP contribution is -2.33. The molecule has 0 atom stereocenters. The van der Waals surface area contributed by atoms with Crippen LogP contribution >= 0.6 is 0 Å². The minimum Gasteiger partial charge on any atom is -0.372 e. The topological polar surface area (TPSA) is 44.3 Å². The number of benzene rings is 1. The van der Waals surface area contributed by atoms with Crippen LogP contribution in [-0.2, 0) is 5.92 Å². The SMILES string of the molecule is C=C(Nc1cc(C)cc(C)n1)N1CCCCN(C)c2ccc(-c3cccc(C(C)(F)F)c3)nc21. The number of rotatable bonds is 5. The van der Waals surface area contributed by atoms with Crippen LogP contribution in [0.3, 0.4) is 0 Å². The quantitative estimate of drug-likeness (QED) is 0.468. The third-order valence-corrected chi connectivity index (χ3v) is 6.01. The number of aromatic nitrogens is 2. The molecule has 3 heterocycles. The normalized spacial score (nSPS) is 14.3. The summed E-state index contributed by atoms with van der Waals surface area (Å²) in [6.45, 7) is 10.9. The predicted molar refractivity (Wildman–Crippen MR) is 136 cm³/mol. The molecule has 1 aromatic carbocycles. The van der Waals surface area contributed by atoms with Crippen LogP contribution in [0.15, 0.2) is 60.9 Å². The fourth-order valence-corrected chi connectivity index (χ4v) is 4.28. The number of nitrogens with zero attached hydrogens (tertiary/aromatic N) is 4. The molecule has 0 bridgehead atoms. The van der Waals surface area contributed by atoms with Crippen molar-refractivity contribution in [2.24, 2.45) is 0 Å². The van der Waals surface area contributed by atoms with E-state index >= 15 is 0 Å². The van der Waals surface area contributed by atoms with Gasteiger partial charge in [0.1, 0.15) is 11.6 Å². The number of pyridine rings is 2. The second-order valence-corrected chi connectivity index (χ2v) is 9.03. The Balaban J connectivity index is 1.74. The molecule has 0 saturated heterocycles. The first-order valence-electron chi connectivity index (χ1n) is 11.5. The van der Waals surface area contributed by atoms with Crippen LogP contribution in [0.4, 0.5) is 26.1 Å². The van der Waals surface area contributed by atoms with Crippen molar-refractivity contribution in [1.29, 1.82) is 0 Å². The molecule has 1 aliphatic heterocycles. The van der Waals surface area contributed by atoms with Crippen molar-refractivity contribution < 1.29 is 8.78 Å². The monoisotopic (exact) mass is 463 g/mol. The van der Waals surface area contributed by atoms with Gasteiger partial charge in [0.25, 0.3) is 5.92 Å². The van der Waals surface area contributed by atoms with E-state index in [-0.39, 0.29) is 5.56 Å². The summed E-state index contributed by atoms with van der Waals surface area (Å²) >= 11 is 0. The van der Waals surface area contributed by atoms with E-state index < -0.39 is 5.92 Å². The molecule has 0 unspecified atom stereocenters. The van der Waals surface area contributed by atoms with Gasteiger partial charge in [0, 0.05) is 43.9 Å². The number of halogens is 2. The van der Waals surface area contributed by atoms with Gasteiger partial charge in [-0.15, -0.1) is 0 Å². The zero-order chi connectivity index (χ0) is 24.5. The van der Waals surface area contributed by atoms with Gasteiger partial charge in [-0.3, -0.25) is 0 Å². The van der Waals surface area contributed by atoms with Gasteiger partial charge in [0.15, 0.2) is 5.82 Å². The Kier molecular flexibility index (Phi) is 6.55. The van der Waals surface area contributed by atoms with Crippen molar-refractivity contribution in [2.75, 3.05) is 35.3 Å². The molecule has 0 saturated carbocycles. The zero-order valence-corrected chi connectivity index (χ0v) is 20.2. The smallest absolute Gasteiger partial charge is 0.270 e. The van der Waals surface area contributed by atoms with E-state index in [9.17, 15) is 8.78 Å². The minimum absolute atomic E-state index is 0.0283. The molecule has 4 rings (SSSR count). The molecule has 2 aromatic heterocycles. The summed E-state index contributed by atoms with van der Waals surface area (Å²) in [7, 11) is 2.05. The molecule has 1 N–H and O–H groups in total. The van der Waals surface area contributed by atoms with E-state index in [2.05, 4.69) is 26.7 Å². The Morgan fingerprint density at radius 3 is 2.53 bits per heavy atom. The second-order valence-electron chi connectivity index (χ2n) is 9.03. The third kappa shape index (κ3) is 5.19. The van der Waals surface area contributed by atoms with Gasteiger partial charge in [-0.2, -0.15) is 0 Å². The number of aryl methyl sites for hydroxylation is 2. The highest BCUT2D eigenvalue weighted by molar-refractivity contribution is 5.75. The second kappa shape index (κ2) is 9.41. The molecule has 0 fully saturated rings. The molecule has 0 aliphatic carbocycles. The Bertz CT molecular complexity index is 1180. The van der Waals surface area contributed by atoms with Gasteiger partial charge >= 0.3 is 0 Å². The van der Waals surface area contributed by atoms with Crippen molar-refractivity contribution in [3.05, 3.63) is 77.8 Å². The van der Waals surface area contributed by atoms with E-state index in [1.165, 1.54) is 12.1 Å². The summed E-state index contributed by atoms with van der Waals surface area (Å²) in [5.41, 5.74) is 4.28. The molecule has 1 aliphatic rings. The van der Waals surface area contributed by atoms with E-state index in [4.69, 9.17) is 4.98 Å². The van der Waals surface area contributed by atoms with Crippen LogP contribution in [0, 0.1) is 13.8 Å². The van der Waals surface area contributed by atoms with Crippen molar-refractivity contribution >= 4 is 17.3 Å². The molecule has 0 spiro atoms. The third-order valence-electron chi connectivity index (χ3n) is 6.01. The lowest BCUT2D eigenvalue weighted by Gasteiger charge is -2.33. The first-order chi connectivity index (χ1) is 16.1. The van der Waals surface area contributed by atoms with Crippen LogP contribution in [-0.4, -0.2) is 30.1 Å². The first-order valence-corrected chi connectivity index (χ1v) is 11.5. The van der Waals surface area contributed by atoms with Gasteiger partial charge < -0.3 is 15.1 Å². The van der Waals surface area contributed by atoms with Crippen LogP contribution in [0.25, 0.3) is 11.3 Å². The highest BCUT2D eigenvalue weighted by Crippen LogP contribution is 2.35. The zero-order valence-electron chi connectivity index (χ0n) is 20.2. The Morgan fingerprint density at radius 1 is 1.03 bits per heavy atom. The summed E-state index contributed by atoms with van der Waals surface area (Å²) in [5.74, 6) is -0.764. The van der Waals surface area contributed by atoms with Crippen molar-refractivity contribution in [2.45, 2.75) is 39.5 Å². The predicted octanol–water partition coefficient (Wildman–Crippen LogP) is 6.49. The van der Waals surface area contributed by atoms with Crippen molar-refractivity contribution in [3.63, 3.8) is 0 Å². The molecular formula is C27H31F2N5. The maximum atomic E-state index is 13.9. The number of hydrogen-bond acceptors (Lipinski definition) is 5. The molecular weight excluding hydrogens is 432 g/mol. The standard InChI is InChI=1S/C27H31F2N5/c1-18-15-19(2)30-25(16-18)31-20(3)34-14-7-6-13-33(5)24-12-11-23(32-26(24)34)21-9-8-10-22(17-21)27(4,28)29/h8-12,15-17H,3,6-7,13-14H2,1-2,4-5H3,(H,30,31). The minimum atomic E-state index is -2.91. The van der Waals surface area contributed by atoms with Crippen LogP contribution in [0.5, 0.6) is 0 Å². The number of fused-ring (bicyclic) bond motifs is 1. The first kappa shape index (κ1) is 23.7. The fourth-order valence-electron chi connectivity index (χ4n) is 4.28. The Morgan fingerprint density at radius 2 is 1.79 bits per heavy atom. The van der Waals surface area contributed by atoms with E-state index in [0.717, 1.165) is 61.4 Å². The average molecular weight is 464 g/mol. The summed E-state index contributed by atoms with van der Waals surface area (Å²) in [6, 6.07) is 14.3. The molecule has 3 aromatic rings. The molecule has 178 valence electrons. The summed E-state index contributed by atoms with van der Waals surface area (Å²) < 4.78 is 27.9. The highest BCUT2D eigenvalue weighted by Gasteiger charge is 2.25. The van der Waals surface area contributed by atoms with Crippen LogP contribution in [0.2, 0.25) is 0 Å². The fraction of sp³-hybridized carbons (Fsp3) is 0.333. The van der Waals surface area contributed by atoms with Gasteiger partial charge in [-0.25, -0.2) is 18.7 Å². The largest absolute Gasteiger partial charge is 0.372 e. The van der Waals surface area contributed by atoms with Crippen LogP contribution in [0.1, 0.15) is 36.6 Å². The number of alkyl halides is 2. The Labute approximate surface area is 200 Å². The molecule has 7 heteroatoms. The lowest BCUT2D eigenvalue weighted by atomic mass is 10.0. The number of anilines is 3. The maximum absolute atomic E-state index is 13.9. The van der Waals surface area contributed by atoms with E-state index in [1.54, 1.807) is 6.07 Å². The van der Waals surface area contributed by atoms with E-state index in [1.807, 2.05) is 51.2 Å². The maximum Gasteiger partial charge on any atom is 0.270 e. The number of hydrogen-bond donors (Lipinski definition) is 1. The van der Waals surface area contributed by atoms with Gasteiger partial charge in [-0.05, 0) is 62.6 Å². The molecule has 34 heavy (non-hydrogen) atoms. The summed E-state index contributed by atoms with van der Waals surface area (Å²) in [6.07, 6.45) is 2.01.